The van der Waals surface area contributed by atoms with Gasteiger partial charge in [-0.05, 0) is 6.07 Å². The maximum absolute atomic E-state index is 11.8. The number of nitrogens with two attached hydrogens (primary N) is 1. The van der Waals surface area contributed by atoms with Crippen LogP contribution in [0.1, 0.15) is 5.69 Å². The van der Waals surface area contributed by atoms with Crippen molar-refractivity contribution in [3.8, 4) is 5.88 Å². The lowest BCUT2D eigenvalue weighted by Crippen LogP contribution is -2.13. The number of aromatic nitrogens is 1. The second kappa shape index (κ2) is 4.80. The molecular formula is C8H8F2N2OS. The van der Waals surface area contributed by atoms with Crippen LogP contribution in [0.2, 0.25) is 0 Å². The minimum Gasteiger partial charge on any atom is -0.472 e. The van der Waals surface area contributed by atoms with Gasteiger partial charge >= 0.3 is 0 Å². The zero-order valence-corrected chi connectivity index (χ0v) is 7.93. The molecule has 76 valence electrons. The fourth-order valence-corrected chi connectivity index (χ4v) is 0.895. The highest BCUT2D eigenvalue weighted by atomic mass is 32.1. The van der Waals surface area contributed by atoms with E-state index in [1.54, 1.807) is 12.1 Å². The monoisotopic (exact) mass is 218 g/mol. The first kappa shape index (κ1) is 10.8. The van der Waals surface area contributed by atoms with Crippen LogP contribution in [0.15, 0.2) is 18.2 Å². The largest absolute Gasteiger partial charge is 0.472 e. The molecular weight excluding hydrogens is 210 g/mol. The molecule has 0 aliphatic rings. The average molecular weight is 218 g/mol. The minimum absolute atomic E-state index is 0.0931. The van der Waals surface area contributed by atoms with Gasteiger partial charge in [0, 0.05) is 6.07 Å². The summed E-state index contributed by atoms with van der Waals surface area (Å²) in [6.07, 6.45) is -2.52. The Hall–Kier alpha value is -1.30. The molecule has 0 atom stereocenters. The number of ether oxygens (including phenoxy) is 1. The van der Waals surface area contributed by atoms with E-state index in [1.807, 2.05) is 0 Å². The van der Waals surface area contributed by atoms with E-state index in [4.69, 9.17) is 5.73 Å². The smallest absolute Gasteiger partial charge is 0.272 e. The van der Waals surface area contributed by atoms with Crippen molar-refractivity contribution >= 4 is 17.2 Å². The van der Waals surface area contributed by atoms with Crippen molar-refractivity contribution in [1.29, 1.82) is 0 Å². The average Bonchev–Trinajstić information content (AvgIpc) is 2.15. The van der Waals surface area contributed by atoms with Crippen LogP contribution < -0.4 is 10.5 Å². The van der Waals surface area contributed by atoms with Gasteiger partial charge in [-0.2, -0.15) is 0 Å². The summed E-state index contributed by atoms with van der Waals surface area (Å²) in [5.74, 6) is 0.0931. The Morgan fingerprint density at radius 2 is 2.29 bits per heavy atom. The van der Waals surface area contributed by atoms with Crippen LogP contribution in [0.4, 0.5) is 8.78 Å². The van der Waals surface area contributed by atoms with Gasteiger partial charge in [0.25, 0.3) is 6.43 Å². The second-order valence-corrected chi connectivity index (χ2v) is 2.87. The summed E-state index contributed by atoms with van der Waals surface area (Å²) in [5, 5.41) is 0. The van der Waals surface area contributed by atoms with Gasteiger partial charge in [0.05, 0.1) is 0 Å². The molecule has 6 heteroatoms. The van der Waals surface area contributed by atoms with Gasteiger partial charge in [0.1, 0.15) is 10.7 Å². The molecule has 0 bridgehead atoms. The van der Waals surface area contributed by atoms with Crippen molar-refractivity contribution in [3.05, 3.63) is 23.9 Å². The molecule has 14 heavy (non-hydrogen) atoms. The van der Waals surface area contributed by atoms with Gasteiger partial charge in [-0.3, -0.25) is 0 Å². The van der Waals surface area contributed by atoms with Crippen molar-refractivity contribution in [2.45, 2.75) is 6.43 Å². The molecule has 1 rings (SSSR count). The predicted octanol–water partition coefficient (Wildman–Crippen LogP) is 1.36. The van der Waals surface area contributed by atoms with Crippen LogP contribution in [0.3, 0.4) is 0 Å². The molecule has 0 unspecified atom stereocenters. The third-order valence-corrected chi connectivity index (χ3v) is 1.54. The number of nitrogens with zero attached hydrogens (tertiary/aromatic N) is 1. The summed E-state index contributed by atoms with van der Waals surface area (Å²) in [6, 6.07) is 4.63. The van der Waals surface area contributed by atoms with E-state index >= 15 is 0 Å². The lowest BCUT2D eigenvalue weighted by molar-refractivity contribution is 0.0796. The summed E-state index contributed by atoms with van der Waals surface area (Å²) >= 11 is 4.67. The van der Waals surface area contributed by atoms with Crippen molar-refractivity contribution < 1.29 is 13.5 Å². The highest BCUT2D eigenvalue weighted by Gasteiger charge is 2.05. The van der Waals surface area contributed by atoms with Gasteiger partial charge in [-0.1, -0.05) is 18.3 Å². The Balaban J connectivity index is 2.69. The van der Waals surface area contributed by atoms with E-state index in [9.17, 15) is 8.78 Å². The van der Waals surface area contributed by atoms with Crippen molar-refractivity contribution in [1.82, 2.24) is 4.98 Å². The number of rotatable bonds is 4. The fourth-order valence-electron chi connectivity index (χ4n) is 0.781. The molecule has 1 aromatic heterocycles. The van der Waals surface area contributed by atoms with Gasteiger partial charge in [0.2, 0.25) is 5.88 Å². The Bertz CT molecular complexity index is 333. The summed E-state index contributed by atoms with van der Waals surface area (Å²) in [7, 11) is 0. The lowest BCUT2D eigenvalue weighted by atomic mass is 10.3. The standard InChI is InChI=1S/C8H8F2N2OS/c9-6(10)4-13-7-3-1-2-5(12-7)8(11)14/h1-3,6H,4H2,(H2,11,14). The molecule has 0 amide bonds. The van der Waals surface area contributed by atoms with Gasteiger partial charge in [-0.15, -0.1) is 0 Å². The molecule has 0 saturated carbocycles. The third-order valence-electron chi connectivity index (χ3n) is 1.33. The van der Waals surface area contributed by atoms with Gasteiger partial charge in [-0.25, -0.2) is 13.8 Å². The molecule has 1 aromatic rings. The first-order chi connectivity index (χ1) is 6.59. The zero-order chi connectivity index (χ0) is 10.6. The number of pyridine rings is 1. The first-order valence-corrected chi connectivity index (χ1v) is 4.18. The number of thiocarbonyl (C=S) groups is 1. The van der Waals surface area contributed by atoms with E-state index in [0.29, 0.717) is 5.69 Å². The Kier molecular flexibility index (Phi) is 3.70. The summed E-state index contributed by atoms with van der Waals surface area (Å²) in [6.45, 7) is -0.687. The van der Waals surface area contributed by atoms with E-state index in [1.165, 1.54) is 6.07 Å². The molecule has 0 aliphatic heterocycles. The fraction of sp³-hybridized carbons (Fsp3) is 0.250. The van der Waals surface area contributed by atoms with Crippen molar-refractivity contribution in [2.75, 3.05) is 6.61 Å². The summed E-state index contributed by atoms with van der Waals surface area (Å²) in [5.41, 5.74) is 5.66. The highest BCUT2D eigenvalue weighted by molar-refractivity contribution is 7.80. The van der Waals surface area contributed by atoms with Crippen LogP contribution in [0.25, 0.3) is 0 Å². The van der Waals surface area contributed by atoms with Gasteiger partial charge in [0.15, 0.2) is 6.61 Å². The highest BCUT2D eigenvalue weighted by Crippen LogP contribution is 2.08. The number of hydrogen-bond acceptors (Lipinski definition) is 3. The Morgan fingerprint density at radius 3 is 2.86 bits per heavy atom. The lowest BCUT2D eigenvalue weighted by Gasteiger charge is -2.05. The maximum Gasteiger partial charge on any atom is 0.272 e. The molecule has 0 saturated heterocycles. The summed E-state index contributed by atoms with van der Waals surface area (Å²) < 4.78 is 28.2. The number of halogens is 2. The molecule has 0 aromatic carbocycles. The van der Waals surface area contributed by atoms with Gasteiger partial charge < -0.3 is 10.5 Å². The normalized spacial score (nSPS) is 10.2. The number of hydrogen-bond donors (Lipinski definition) is 1. The van der Waals surface area contributed by atoms with Crippen LogP contribution in [-0.4, -0.2) is 23.0 Å². The molecule has 0 aliphatic carbocycles. The molecule has 2 N–H and O–H groups in total. The van der Waals surface area contributed by atoms with E-state index in [-0.39, 0.29) is 10.9 Å². The van der Waals surface area contributed by atoms with Crippen LogP contribution in [0, 0.1) is 0 Å². The topological polar surface area (TPSA) is 48.1 Å². The van der Waals surface area contributed by atoms with Crippen molar-refractivity contribution in [2.24, 2.45) is 5.73 Å². The first-order valence-electron chi connectivity index (χ1n) is 3.77. The SMILES string of the molecule is NC(=S)c1cccc(OCC(F)F)n1. The van der Waals surface area contributed by atoms with E-state index < -0.39 is 13.0 Å². The van der Waals surface area contributed by atoms with Crippen molar-refractivity contribution in [3.63, 3.8) is 0 Å². The summed E-state index contributed by atoms with van der Waals surface area (Å²) in [4.78, 5) is 3.93. The maximum atomic E-state index is 11.8. The third kappa shape index (κ3) is 3.21. The Morgan fingerprint density at radius 1 is 1.57 bits per heavy atom. The van der Waals surface area contributed by atoms with E-state index in [0.717, 1.165) is 0 Å². The zero-order valence-electron chi connectivity index (χ0n) is 7.11. The second-order valence-electron chi connectivity index (χ2n) is 2.43. The van der Waals surface area contributed by atoms with Crippen LogP contribution >= 0.6 is 12.2 Å². The predicted molar refractivity (Wildman–Crippen MR) is 51.6 cm³/mol. The molecule has 0 spiro atoms. The molecule has 3 nitrogen and oxygen atoms in total. The van der Waals surface area contributed by atoms with Crippen LogP contribution in [0.5, 0.6) is 5.88 Å². The molecule has 1 heterocycles. The minimum atomic E-state index is -2.52. The molecule has 0 fully saturated rings. The quantitative estimate of drug-likeness (QED) is 0.775. The van der Waals surface area contributed by atoms with E-state index in [2.05, 4.69) is 21.9 Å². The number of alkyl halides is 2. The van der Waals surface area contributed by atoms with Crippen LogP contribution in [-0.2, 0) is 0 Å². The molecule has 0 radical (unpaired) electrons. The Labute approximate surface area is 84.9 Å².